The average Bonchev–Trinajstić information content (AvgIpc) is 1.74. The number of esters is 2. The monoisotopic (exact) mass is 1500 g/mol. The van der Waals surface area contributed by atoms with Gasteiger partial charge < -0.3 is 33.6 Å². The van der Waals surface area contributed by atoms with Crippen molar-refractivity contribution >= 4 is 107 Å². The number of sulfone groups is 1. The molecule has 0 amide bonds. The number of rotatable bonds is 23. The maximum atomic E-state index is 13.3. The van der Waals surface area contributed by atoms with Gasteiger partial charge in [-0.25, -0.2) is 41.1 Å². The number of halogens is 8. The molecule has 8 rings (SSSR count). The van der Waals surface area contributed by atoms with E-state index in [-0.39, 0.29) is 71.6 Å². The number of nitrogens with one attached hydrogen (secondary N) is 2. The second kappa shape index (κ2) is 34.5. The van der Waals surface area contributed by atoms with Crippen molar-refractivity contribution < 1.29 is 96.0 Å². The number of sulfonamides is 1. The minimum atomic E-state index is -4.98. The number of methoxy groups -OCH3 is 3. The average molecular weight is 1500 g/mol. The molecule has 0 spiro atoms. The van der Waals surface area contributed by atoms with Crippen molar-refractivity contribution in [3.63, 3.8) is 0 Å². The van der Waals surface area contributed by atoms with E-state index in [1.807, 2.05) is 30.3 Å². The van der Waals surface area contributed by atoms with E-state index in [2.05, 4.69) is 49.3 Å². The first-order valence-corrected chi connectivity index (χ1v) is 35.1. The predicted octanol–water partition coefficient (Wildman–Crippen LogP) is 11.0. The molecule has 5 heterocycles. The standard InChI is InChI=1S/C17H29NO3S.C16H18Cl2N2O4.C14H13F3N6O5S.C14H13F3N2O4S/c1-5-8-14(18-21-6-2)17-15(19)10-13(11-16(17)20)9-12(4)22-7-3;1-4-23-14(21)12-9-16(3,15(22)24-5-2)20(19-12)13-7-6-10(17)8-11(13)18;1-26-8-6-9(27-2)23-13(19-8)20-12(21-23)22-29(24,25)10-7(14(15,16)17)4-5-18-11(10)28-3;1-7-11(13(21)19(2)18-7)12(20)9-5-4-8(14(15,16)17)6-10(9)24(3,22)23/h12-13,19H,5-11H2,1-4H3;6-8H,4-5,9H2,1-3H3;4-6H,1-3H3,(H,21,22);4-6,18H,1-3H3/b18-14+;;;. The number of ketones is 2. The van der Waals surface area contributed by atoms with Gasteiger partial charge in [0.05, 0.1) is 78.6 Å². The van der Waals surface area contributed by atoms with Crippen LogP contribution in [0, 0.1) is 12.8 Å². The van der Waals surface area contributed by atoms with E-state index in [0.29, 0.717) is 82.6 Å². The van der Waals surface area contributed by atoms with Crippen molar-refractivity contribution in [1.29, 1.82) is 0 Å². The highest BCUT2D eigenvalue weighted by Crippen LogP contribution is 2.41. The molecule has 1 aliphatic heterocycles. The molecule has 38 heteroatoms. The van der Waals surface area contributed by atoms with Crippen LogP contribution in [0.4, 0.5) is 38.0 Å². The van der Waals surface area contributed by atoms with Crippen molar-refractivity contribution in [1.82, 2.24) is 34.3 Å². The summed E-state index contributed by atoms with van der Waals surface area (Å²) in [5.74, 6) is -1.72. The van der Waals surface area contributed by atoms with Crippen molar-refractivity contribution in [3.05, 3.63) is 114 Å². The van der Waals surface area contributed by atoms with E-state index >= 15 is 0 Å². The number of pyridine rings is 1. The first-order chi connectivity index (χ1) is 46.3. The summed E-state index contributed by atoms with van der Waals surface area (Å²) in [5, 5.41) is 27.8. The zero-order valence-corrected chi connectivity index (χ0v) is 59.7. The van der Waals surface area contributed by atoms with Crippen LogP contribution >= 0.6 is 35.0 Å². The summed E-state index contributed by atoms with van der Waals surface area (Å²) in [7, 11) is -3.97. The number of nitrogens with zero attached hydrogens (tertiary/aromatic N) is 9. The summed E-state index contributed by atoms with van der Waals surface area (Å²) >= 11 is 14.1. The topological polar surface area (TPSA) is 346 Å². The molecule has 0 saturated heterocycles. The quantitative estimate of drug-likeness (QED) is 0.0176. The van der Waals surface area contributed by atoms with Gasteiger partial charge in [-0.15, -0.1) is 5.10 Å². The minimum absolute atomic E-state index is 0.00866. The van der Waals surface area contributed by atoms with Gasteiger partial charge in [0.2, 0.25) is 23.4 Å². The number of aliphatic hydroxyl groups is 1. The SMILES string of the molecule is CCC/C(=N\OCC)C1=C(O)CC(CC(C)SCC)CC1=O.CCOC(=O)C1=NN(c2ccc(Cl)cc2Cl)C(C)(C(=O)OCC)C1.COc1cc(OC)n2nc(NS(=O)(=O)c3c(C(F)(F)F)ccnc3OC)nc2n1.Cc1[nH]n(C)c(=O)c1C(=O)c1ccc(C(F)(F)F)cc1S(C)(=O)=O. The fraction of sp³-hybridized carbons (Fsp3) is 0.459. The number of hydrazone groups is 1. The van der Waals surface area contributed by atoms with Crippen molar-refractivity contribution in [2.45, 2.75) is 127 Å². The zero-order chi connectivity index (χ0) is 74.3. The number of aromatic nitrogens is 7. The van der Waals surface area contributed by atoms with Gasteiger partial charge in [0.25, 0.3) is 27.3 Å². The third-order valence-electron chi connectivity index (χ3n) is 14.2. The molecular weight excluding hydrogens is 1420 g/mol. The Morgan fingerprint density at radius 1 is 0.899 bits per heavy atom. The third-order valence-corrected chi connectivity index (χ3v) is 18.4. The van der Waals surface area contributed by atoms with Gasteiger partial charge in [-0.2, -0.15) is 57.7 Å². The Labute approximate surface area is 579 Å². The molecule has 99 heavy (non-hydrogen) atoms. The molecule has 2 aromatic carbocycles. The lowest BCUT2D eigenvalue weighted by Crippen LogP contribution is -2.48. The first-order valence-electron chi connectivity index (χ1n) is 29.9. The number of aromatic amines is 1. The molecule has 1 aliphatic carbocycles. The van der Waals surface area contributed by atoms with Gasteiger partial charge >= 0.3 is 24.3 Å². The Kier molecular flexibility index (Phi) is 28.3. The van der Waals surface area contributed by atoms with Gasteiger partial charge in [-0.05, 0) is 102 Å². The molecule has 3 N–H and O–H groups in total. The number of fused-ring (bicyclic) bond motifs is 1. The number of allylic oxidation sites excluding steroid dienone is 2. The molecule has 0 bridgehead atoms. The second-order valence-corrected chi connectivity index (χ2v) is 27.8. The fourth-order valence-corrected chi connectivity index (χ4v) is 13.6. The summed E-state index contributed by atoms with van der Waals surface area (Å²) in [6.07, 6.45) is -4.65. The van der Waals surface area contributed by atoms with Gasteiger partial charge in [-0.3, -0.25) is 24.2 Å². The van der Waals surface area contributed by atoms with E-state index in [4.69, 9.17) is 51.7 Å². The number of alkyl halides is 6. The Bertz CT molecular complexity index is 4340. The number of H-pyrrole nitrogens is 1. The van der Waals surface area contributed by atoms with E-state index in [1.54, 1.807) is 39.0 Å². The first kappa shape index (κ1) is 81.2. The highest BCUT2D eigenvalue weighted by atomic mass is 35.5. The van der Waals surface area contributed by atoms with Crippen LogP contribution < -0.4 is 29.5 Å². The molecule has 0 radical (unpaired) electrons. The van der Waals surface area contributed by atoms with Crippen LogP contribution in [0.25, 0.3) is 5.78 Å². The third kappa shape index (κ3) is 20.4. The van der Waals surface area contributed by atoms with Gasteiger partial charge in [-0.1, -0.05) is 55.5 Å². The maximum Gasteiger partial charge on any atom is 0.418 e. The van der Waals surface area contributed by atoms with E-state index < -0.39 is 99.3 Å². The van der Waals surface area contributed by atoms with Gasteiger partial charge in [0.15, 0.2) is 26.1 Å². The molecule has 27 nitrogen and oxygen atoms in total. The normalized spacial score (nSPS) is 16.1. The van der Waals surface area contributed by atoms with Crippen LogP contribution in [-0.4, -0.2) is 155 Å². The van der Waals surface area contributed by atoms with E-state index in [1.165, 1.54) is 39.3 Å². The lowest BCUT2D eigenvalue weighted by Gasteiger charge is -2.32. The molecule has 3 atom stereocenters. The van der Waals surface area contributed by atoms with Crippen molar-refractivity contribution in [2.24, 2.45) is 23.2 Å². The number of oxime groups is 1. The van der Waals surface area contributed by atoms with E-state index in [9.17, 15) is 72.3 Å². The van der Waals surface area contributed by atoms with Crippen LogP contribution in [0.15, 0.2) is 90.9 Å². The Hall–Kier alpha value is -8.48. The summed E-state index contributed by atoms with van der Waals surface area (Å²) in [4.78, 5) is 76.0. The zero-order valence-electron chi connectivity index (χ0n) is 55.8. The summed E-state index contributed by atoms with van der Waals surface area (Å²) < 4.78 is 156. The molecule has 542 valence electrons. The molecule has 2 aliphatic rings. The summed E-state index contributed by atoms with van der Waals surface area (Å²) in [5.41, 5.74) is -3.57. The Balaban J connectivity index is 0.000000240. The number of carbonyl (C=O) groups is 4. The second-order valence-electron chi connectivity index (χ2n) is 21.6. The Morgan fingerprint density at radius 3 is 2.11 bits per heavy atom. The number of ether oxygens (including phenoxy) is 5. The van der Waals surface area contributed by atoms with Crippen LogP contribution in [-0.2, 0) is 68.0 Å². The number of hydrogen-bond acceptors (Lipinski definition) is 24. The minimum Gasteiger partial charge on any atom is -0.511 e. The highest BCUT2D eigenvalue weighted by Gasteiger charge is 2.50. The largest absolute Gasteiger partial charge is 0.511 e. The van der Waals surface area contributed by atoms with Crippen LogP contribution in [0.5, 0.6) is 17.6 Å². The summed E-state index contributed by atoms with van der Waals surface area (Å²) in [6, 6.07) is 8.46. The van der Waals surface area contributed by atoms with E-state index in [0.717, 1.165) is 47.2 Å². The number of thioether (sulfide) groups is 1. The fourth-order valence-electron chi connectivity index (χ4n) is 9.92. The number of Topliss-reactive ketones (excluding diaryl/α,β-unsaturated/α-hetero) is 1. The number of hydrogen-bond donors (Lipinski definition) is 3. The number of benzene rings is 2. The number of aryl methyl sites for hydroxylation is 2. The molecule has 4 aromatic heterocycles. The smallest absolute Gasteiger partial charge is 0.418 e. The summed E-state index contributed by atoms with van der Waals surface area (Å²) in [6.45, 7) is 15.6. The lowest BCUT2D eigenvalue weighted by molar-refractivity contribution is -0.148. The van der Waals surface area contributed by atoms with Gasteiger partial charge in [0.1, 0.15) is 23.6 Å². The lowest BCUT2D eigenvalue weighted by atomic mass is 9.82. The molecule has 3 unspecified atom stereocenters. The molecule has 6 aromatic rings. The number of anilines is 2. The van der Waals surface area contributed by atoms with Crippen LogP contribution in [0.1, 0.15) is 120 Å². The molecular formula is C61H73Cl2F6N11O16S3. The number of carbonyl (C=O) groups excluding carboxylic acids is 4. The van der Waals surface area contributed by atoms with Crippen LogP contribution in [0.3, 0.4) is 0 Å². The Morgan fingerprint density at radius 2 is 1.58 bits per heavy atom. The van der Waals surface area contributed by atoms with Crippen LogP contribution in [0.2, 0.25) is 10.0 Å². The van der Waals surface area contributed by atoms with Gasteiger partial charge in [0, 0.05) is 60.3 Å². The molecule has 0 fully saturated rings. The maximum absolute atomic E-state index is 13.3. The predicted molar refractivity (Wildman–Crippen MR) is 355 cm³/mol. The van der Waals surface area contributed by atoms with Crippen molar-refractivity contribution in [3.8, 4) is 17.6 Å². The van der Waals surface area contributed by atoms with Crippen molar-refractivity contribution in [2.75, 3.05) is 62.9 Å². The highest BCUT2D eigenvalue weighted by molar-refractivity contribution is 7.99. The number of aliphatic hydroxyl groups excluding tert-OH is 1. The molecule has 0 saturated carbocycles.